The molecule has 8 nitrogen and oxygen atoms in total. The van der Waals surface area contributed by atoms with Crippen LogP contribution in [-0.4, -0.2) is 77.6 Å². The number of carboxylic acid groups (broad SMARTS) is 2. The minimum absolute atomic E-state index is 0.192. The molecule has 0 aromatic carbocycles. The average Bonchev–Trinajstić information content (AvgIpc) is 2.61. The molecule has 0 saturated carbocycles. The van der Waals surface area contributed by atoms with Crippen LogP contribution in [0.25, 0.3) is 0 Å². The van der Waals surface area contributed by atoms with E-state index in [2.05, 4.69) is 0 Å². The fraction of sp³-hybridized carbons (Fsp3) is 0.870. The number of rotatable bonds is 20. The number of carboxylic acids is 2. The second-order valence-electron chi connectivity index (χ2n) is 9.49. The van der Waals surface area contributed by atoms with Gasteiger partial charge in [-0.1, -0.05) is 44.9 Å². The van der Waals surface area contributed by atoms with E-state index in [0.717, 1.165) is 57.8 Å². The summed E-state index contributed by atoms with van der Waals surface area (Å²) in [6.07, 6.45) is 9.11. The number of likely N-dealkylation sites (N-methyl/N-ethyl adjacent to an activating group) is 1. The molecule has 0 aromatic rings. The van der Waals surface area contributed by atoms with Crippen LogP contribution in [-0.2, 0) is 19.1 Å². The zero-order valence-electron chi connectivity index (χ0n) is 19.7. The molecular weight excluding hydrogens is 402 g/mol. The Morgan fingerprint density at radius 3 is 1.74 bits per heavy atom. The number of hydrogen-bond donors (Lipinski definition) is 3. The van der Waals surface area contributed by atoms with Crippen molar-refractivity contribution in [1.29, 1.82) is 0 Å². The van der Waals surface area contributed by atoms with Crippen molar-refractivity contribution in [2.45, 2.75) is 102 Å². The number of ether oxygens (including phenoxy) is 1. The van der Waals surface area contributed by atoms with E-state index in [4.69, 9.17) is 14.9 Å². The Morgan fingerprint density at radius 2 is 1.23 bits per heavy atom. The van der Waals surface area contributed by atoms with Gasteiger partial charge >= 0.3 is 17.9 Å². The fourth-order valence-corrected chi connectivity index (χ4v) is 3.53. The Hall–Kier alpha value is -1.67. The normalized spacial score (nSPS) is 13.5. The number of carbonyl (C=O) groups is 3. The predicted octanol–water partition coefficient (Wildman–Crippen LogP) is 3.60. The van der Waals surface area contributed by atoms with Gasteiger partial charge in [-0.3, -0.25) is 14.4 Å². The third-order valence-corrected chi connectivity index (χ3v) is 5.05. The Bertz CT molecular complexity index is 517. The first-order valence-electron chi connectivity index (χ1n) is 11.6. The van der Waals surface area contributed by atoms with Crippen molar-refractivity contribution in [3.63, 3.8) is 0 Å². The third kappa shape index (κ3) is 21.4. The van der Waals surface area contributed by atoms with E-state index in [0.29, 0.717) is 23.9 Å². The van der Waals surface area contributed by atoms with Crippen LogP contribution in [0.2, 0.25) is 0 Å². The third-order valence-electron chi connectivity index (χ3n) is 5.05. The number of quaternary nitrogens is 1. The van der Waals surface area contributed by atoms with Gasteiger partial charge in [0.05, 0.1) is 33.7 Å². The maximum Gasteiger partial charge on any atom is 0.307 e. The monoisotopic (exact) mass is 446 g/mol. The van der Waals surface area contributed by atoms with E-state index in [-0.39, 0.29) is 31.3 Å². The molecule has 0 bridgehead atoms. The van der Waals surface area contributed by atoms with Gasteiger partial charge < -0.3 is 24.5 Å². The number of unbranched alkanes of at least 4 members (excludes halogenated alkanes) is 7. The lowest BCUT2D eigenvalue weighted by molar-refractivity contribution is -0.873. The summed E-state index contributed by atoms with van der Waals surface area (Å²) >= 11 is 0. The van der Waals surface area contributed by atoms with Crippen LogP contribution in [0.3, 0.4) is 0 Å². The summed E-state index contributed by atoms with van der Waals surface area (Å²) < 4.78 is 5.87. The largest absolute Gasteiger partial charge is 0.481 e. The Balaban J connectivity index is 3.76. The quantitative estimate of drug-likeness (QED) is 0.148. The summed E-state index contributed by atoms with van der Waals surface area (Å²) in [6, 6.07) is 0. The lowest BCUT2D eigenvalue weighted by Crippen LogP contribution is -2.43. The molecule has 0 saturated heterocycles. The van der Waals surface area contributed by atoms with Gasteiger partial charge in [-0.05, 0) is 25.7 Å². The van der Waals surface area contributed by atoms with E-state index in [1.165, 1.54) is 0 Å². The molecule has 0 spiro atoms. The van der Waals surface area contributed by atoms with Gasteiger partial charge in [0.2, 0.25) is 0 Å². The van der Waals surface area contributed by atoms with Gasteiger partial charge in [0.25, 0.3) is 0 Å². The SMILES string of the molecule is C[N+](C)(C)CC(CC(=O)O)OC(=O)CCCCC(O)CCCCCCCCCC(=O)O. The molecule has 8 heteroatoms. The number of nitrogens with zero attached hydrogens (tertiary/aromatic N) is 1. The van der Waals surface area contributed by atoms with Gasteiger partial charge in [0.1, 0.15) is 6.54 Å². The first kappa shape index (κ1) is 29.3. The molecule has 0 aliphatic heterocycles. The van der Waals surface area contributed by atoms with E-state index in [1.807, 2.05) is 21.1 Å². The summed E-state index contributed by atoms with van der Waals surface area (Å²) in [6.45, 7) is 0.444. The van der Waals surface area contributed by atoms with Crippen molar-refractivity contribution in [2.75, 3.05) is 27.7 Å². The van der Waals surface area contributed by atoms with Crippen LogP contribution in [0, 0.1) is 0 Å². The van der Waals surface area contributed by atoms with Crippen LogP contribution in [0.15, 0.2) is 0 Å². The number of esters is 1. The smallest absolute Gasteiger partial charge is 0.307 e. The molecule has 2 atom stereocenters. The zero-order chi connectivity index (χ0) is 23.7. The van der Waals surface area contributed by atoms with Crippen molar-refractivity contribution in [3.05, 3.63) is 0 Å². The van der Waals surface area contributed by atoms with E-state index < -0.39 is 18.0 Å². The van der Waals surface area contributed by atoms with Gasteiger partial charge in [-0.15, -0.1) is 0 Å². The van der Waals surface area contributed by atoms with Crippen molar-refractivity contribution >= 4 is 17.9 Å². The molecule has 2 unspecified atom stereocenters. The van der Waals surface area contributed by atoms with Gasteiger partial charge in [-0.25, -0.2) is 0 Å². The lowest BCUT2D eigenvalue weighted by Gasteiger charge is -2.28. The fourth-order valence-electron chi connectivity index (χ4n) is 3.53. The van der Waals surface area contributed by atoms with Crippen molar-refractivity contribution in [2.24, 2.45) is 0 Å². The highest BCUT2D eigenvalue weighted by Crippen LogP contribution is 2.14. The standard InChI is InChI=1S/C23H43NO7/c1-24(2,3)18-20(17-22(28)29)31-23(30)16-12-11-14-19(25)13-9-7-5-4-6-8-10-15-21(26)27/h19-20,25H,4-18H2,1-3H3,(H-,26,27,28,29)/p+1. The molecule has 0 rings (SSSR count). The molecular formula is C23H44NO7+. The number of aliphatic hydroxyl groups excluding tert-OH is 1. The first-order valence-corrected chi connectivity index (χ1v) is 11.6. The lowest BCUT2D eigenvalue weighted by atomic mass is 10.0. The Morgan fingerprint density at radius 1 is 0.742 bits per heavy atom. The minimum atomic E-state index is -0.979. The van der Waals surface area contributed by atoms with E-state index in [1.54, 1.807) is 0 Å². The summed E-state index contributed by atoms with van der Waals surface area (Å²) in [4.78, 5) is 33.4. The average molecular weight is 447 g/mol. The highest BCUT2D eigenvalue weighted by Gasteiger charge is 2.24. The molecule has 0 fully saturated rings. The van der Waals surface area contributed by atoms with Crippen molar-refractivity contribution in [3.8, 4) is 0 Å². The van der Waals surface area contributed by atoms with Crippen LogP contribution in [0.1, 0.15) is 89.9 Å². The summed E-state index contributed by atoms with van der Waals surface area (Å²) in [7, 11) is 5.77. The Labute approximate surface area is 187 Å². The zero-order valence-corrected chi connectivity index (χ0v) is 19.7. The molecule has 0 aliphatic rings. The topological polar surface area (TPSA) is 121 Å². The molecule has 182 valence electrons. The van der Waals surface area contributed by atoms with Crippen molar-refractivity contribution < 1.29 is 38.9 Å². The molecule has 31 heavy (non-hydrogen) atoms. The molecule has 0 aromatic heterocycles. The second-order valence-corrected chi connectivity index (χ2v) is 9.49. The summed E-state index contributed by atoms with van der Waals surface area (Å²) in [5, 5.41) is 27.6. The first-order chi connectivity index (χ1) is 14.5. The highest BCUT2D eigenvalue weighted by molar-refractivity contribution is 5.71. The summed E-state index contributed by atoms with van der Waals surface area (Å²) in [5.74, 6) is -2.08. The highest BCUT2D eigenvalue weighted by atomic mass is 16.5. The molecule has 0 radical (unpaired) electrons. The van der Waals surface area contributed by atoms with Crippen LogP contribution in [0.5, 0.6) is 0 Å². The maximum atomic E-state index is 12.0. The van der Waals surface area contributed by atoms with Gasteiger partial charge in [-0.2, -0.15) is 0 Å². The van der Waals surface area contributed by atoms with Crippen LogP contribution < -0.4 is 0 Å². The van der Waals surface area contributed by atoms with Gasteiger partial charge in [0.15, 0.2) is 6.10 Å². The number of aliphatic hydroxyl groups is 1. The number of carbonyl (C=O) groups excluding carboxylic acids is 1. The molecule has 0 amide bonds. The van der Waals surface area contributed by atoms with Crippen LogP contribution in [0.4, 0.5) is 0 Å². The van der Waals surface area contributed by atoms with E-state index in [9.17, 15) is 19.5 Å². The number of hydrogen-bond acceptors (Lipinski definition) is 5. The van der Waals surface area contributed by atoms with Crippen LogP contribution >= 0.6 is 0 Å². The molecule has 0 heterocycles. The number of aliphatic carboxylic acids is 2. The second kappa shape index (κ2) is 17.0. The van der Waals surface area contributed by atoms with Gasteiger partial charge in [0, 0.05) is 12.8 Å². The molecule has 3 N–H and O–H groups in total. The predicted molar refractivity (Wildman–Crippen MR) is 119 cm³/mol. The van der Waals surface area contributed by atoms with E-state index >= 15 is 0 Å². The minimum Gasteiger partial charge on any atom is -0.481 e. The Kier molecular flexibility index (Phi) is 16.0. The maximum absolute atomic E-state index is 12.0. The van der Waals surface area contributed by atoms with Crippen molar-refractivity contribution in [1.82, 2.24) is 0 Å². The summed E-state index contributed by atoms with van der Waals surface area (Å²) in [5.41, 5.74) is 0. The molecule has 0 aliphatic carbocycles.